The van der Waals surface area contributed by atoms with Crippen molar-refractivity contribution < 1.29 is 9.21 Å². The maximum absolute atomic E-state index is 12.6. The fourth-order valence-electron chi connectivity index (χ4n) is 3.50. The minimum Gasteiger partial charge on any atom is -0.408 e. The summed E-state index contributed by atoms with van der Waals surface area (Å²) in [7, 11) is 0. The largest absolute Gasteiger partial charge is 0.420 e. The summed E-state index contributed by atoms with van der Waals surface area (Å²) in [5.41, 5.74) is 3.00. The van der Waals surface area contributed by atoms with Gasteiger partial charge in [-0.2, -0.15) is 0 Å². The lowest BCUT2D eigenvalue weighted by Gasteiger charge is -2.32. The van der Waals surface area contributed by atoms with E-state index in [1.165, 1.54) is 6.20 Å². The van der Waals surface area contributed by atoms with Crippen molar-refractivity contribution in [3.63, 3.8) is 0 Å². The highest BCUT2D eigenvalue weighted by Crippen LogP contribution is 2.27. The number of rotatable bonds is 2. The van der Waals surface area contributed by atoms with Crippen LogP contribution in [0.4, 0.5) is 0 Å². The summed E-state index contributed by atoms with van der Waals surface area (Å²) in [5, 5.41) is 0.363. The van der Waals surface area contributed by atoms with Gasteiger partial charge in [0, 0.05) is 25.3 Å². The van der Waals surface area contributed by atoms with Crippen LogP contribution >= 0.6 is 11.6 Å². The minimum absolute atomic E-state index is 0.0267. The SMILES string of the molecule is Cc1ccc2c(c1)oc(=O)n2C1CCN(C(=O)c2ccc(Cl)nc2)CC1. The molecule has 0 unspecified atom stereocenters. The molecule has 26 heavy (non-hydrogen) atoms. The van der Waals surface area contributed by atoms with E-state index in [0.29, 0.717) is 42.2 Å². The number of hydrogen-bond acceptors (Lipinski definition) is 4. The Bertz CT molecular complexity index is 1010. The first kappa shape index (κ1) is 16.8. The van der Waals surface area contributed by atoms with E-state index in [1.54, 1.807) is 21.6 Å². The zero-order valence-corrected chi connectivity index (χ0v) is 15.1. The zero-order chi connectivity index (χ0) is 18.3. The van der Waals surface area contributed by atoms with Gasteiger partial charge in [-0.1, -0.05) is 17.7 Å². The van der Waals surface area contributed by atoms with Gasteiger partial charge in [0.15, 0.2) is 5.58 Å². The van der Waals surface area contributed by atoms with Crippen molar-refractivity contribution in [3.05, 3.63) is 63.4 Å². The van der Waals surface area contributed by atoms with Crippen LogP contribution in [-0.4, -0.2) is 33.4 Å². The van der Waals surface area contributed by atoms with Gasteiger partial charge in [0.2, 0.25) is 0 Å². The van der Waals surface area contributed by atoms with E-state index in [1.807, 2.05) is 25.1 Å². The number of hydrogen-bond donors (Lipinski definition) is 0. The predicted octanol–water partition coefficient (Wildman–Crippen LogP) is 3.43. The van der Waals surface area contributed by atoms with E-state index in [-0.39, 0.29) is 17.7 Å². The Kier molecular flexibility index (Phi) is 4.28. The van der Waals surface area contributed by atoms with Gasteiger partial charge in [0.05, 0.1) is 11.1 Å². The second kappa shape index (κ2) is 6.61. The molecule has 2 aromatic heterocycles. The maximum Gasteiger partial charge on any atom is 0.420 e. The summed E-state index contributed by atoms with van der Waals surface area (Å²) in [6.45, 7) is 3.13. The first-order chi connectivity index (χ1) is 12.5. The van der Waals surface area contributed by atoms with Gasteiger partial charge < -0.3 is 9.32 Å². The molecule has 7 heteroatoms. The molecule has 0 saturated carbocycles. The third kappa shape index (κ3) is 3.01. The molecule has 0 atom stereocenters. The first-order valence-corrected chi connectivity index (χ1v) is 8.93. The first-order valence-electron chi connectivity index (χ1n) is 8.55. The van der Waals surface area contributed by atoms with Crippen molar-refractivity contribution in [2.45, 2.75) is 25.8 Å². The van der Waals surface area contributed by atoms with Crippen LogP contribution in [0.3, 0.4) is 0 Å². The van der Waals surface area contributed by atoms with Crippen molar-refractivity contribution >= 4 is 28.6 Å². The molecule has 0 bridgehead atoms. The second-order valence-electron chi connectivity index (χ2n) is 6.60. The second-order valence-corrected chi connectivity index (χ2v) is 6.99. The van der Waals surface area contributed by atoms with E-state index in [9.17, 15) is 9.59 Å². The number of carbonyl (C=O) groups excluding carboxylic acids is 1. The standard InChI is InChI=1S/C19H18ClN3O3/c1-12-2-4-15-16(10-12)26-19(25)23(15)14-6-8-22(9-7-14)18(24)13-3-5-17(20)21-11-13/h2-5,10-11,14H,6-9H2,1H3. The summed E-state index contributed by atoms with van der Waals surface area (Å²) in [4.78, 5) is 30.6. The van der Waals surface area contributed by atoms with Gasteiger partial charge >= 0.3 is 5.76 Å². The molecular formula is C19H18ClN3O3. The minimum atomic E-state index is -0.336. The molecule has 0 radical (unpaired) electrons. The molecule has 3 aromatic rings. The van der Waals surface area contributed by atoms with E-state index in [0.717, 1.165) is 11.1 Å². The van der Waals surface area contributed by atoms with E-state index in [4.69, 9.17) is 16.0 Å². The van der Waals surface area contributed by atoms with Crippen LogP contribution in [-0.2, 0) is 0 Å². The van der Waals surface area contributed by atoms with Crippen LogP contribution in [0, 0.1) is 6.92 Å². The van der Waals surface area contributed by atoms with Crippen LogP contribution in [0.2, 0.25) is 5.15 Å². The van der Waals surface area contributed by atoms with Crippen LogP contribution in [0.1, 0.15) is 34.8 Å². The molecule has 6 nitrogen and oxygen atoms in total. The molecular weight excluding hydrogens is 354 g/mol. The Labute approximate surface area is 155 Å². The smallest absolute Gasteiger partial charge is 0.408 e. The number of amides is 1. The number of fused-ring (bicyclic) bond motifs is 1. The Hall–Kier alpha value is -2.60. The van der Waals surface area contributed by atoms with Gasteiger partial charge in [0.1, 0.15) is 5.15 Å². The number of halogens is 1. The summed E-state index contributed by atoms with van der Waals surface area (Å²) >= 11 is 5.77. The van der Waals surface area contributed by atoms with Crippen molar-refractivity contribution in [1.82, 2.24) is 14.5 Å². The van der Waals surface area contributed by atoms with Crippen LogP contribution < -0.4 is 5.76 Å². The Morgan fingerprint density at radius 3 is 2.69 bits per heavy atom. The number of carbonyl (C=O) groups is 1. The van der Waals surface area contributed by atoms with Gasteiger partial charge in [-0.3, -0.25) is 9.36 Å². The molecule has 1 fully saturated rings. The highest BCUT2D eigenvalue weighted by atomic mass is 35.5. The average Bonchev–Trinajstić information content (AvgIpc) is 2.96. The van der Waals surface area contributed by atoms with Gasteiger partial charge in [-0.25, -0.2) is 9.78 Å². The average molecular weight is 372 g/mol. The maximum atomic E-state index is 12.6. The Morgan fingerprint density at radius 2 is 2.00 bits per heavy atom. The fraction of sp³-hybridized carbons (Fsp3) is 0.316. The van der Waals surface area contributed by atoms with Crippen molar-refractivity contribution in [2.24, 2.45) is 0 Å². The third-order valence-electron chi connectivity index (χ3n) is 4.86. The third-order valence-corrected chi connectivity index (χ3v) is 5.08. The van der Waals surface area contributed by atoms with Crippen LogP contribution in [0.5, 0.6) is 0 Å². The van der Waals surface area contributed by atoms with Crippen LogP contribution in [0.15, 0.2) is 45.7 Å². The topological polar surface area (TPSA) is 68.3 Å². The molecule has 0 aliphatic carbocycles. The highest BCUT2D eigenvalue weighted by Gasteiger charge is 2.27. The zero-order valence-electron chi connectivity index (χ0n) is 14.3. The number of oxazole rings is 1. The Morgan fingerprint density at radius 1 is 1.23 bits per heavy atom. The predicted molar refractivity (Wildman–Crippen MR) is 98.6 cm³/mol. The monoisotopic (exact) mass is 371 g/mol. The van der Waals surface area contributed by atoms with Gasteiger partial charge in [-0.15, -0.1) is 0 Å². The number of pyridine rings is 1. The number of nitrogens with zero attached hydrogens (tertiary/aromatic N) is 3. The summed E-state index contributed by atoms with van der Waals surface area (Å²) in [5.74, 6) is -0.398. The fourth-order valence-corrected chi connectivity index (χ4v) is 3.61. The summed E-state index contributed by atoms with van der Waals surface area (Å²) in [6, 6.07) is 9.09. The molecule has 0 N–H and O–H groups in total. The normalized spacial score (nSPS) is 15.5. The number of likely N-dealkylation sites (tertiary alicyclic amines) is 1. The van der Waals surface area contributed by atoms with E-state index in [2.05, 4.69) is 4.98 Å². The number of benzene rings is 1. The molecule has 4 rings (SSSR count). The molecule has 1 saturated heterocycles. The summed E-state index contributed by atoms with van der Waals surface area (Å²) in [6.07, 6.45) is 2.90. The van der Waals surface area contributed by atoms with Gasteiger partial charge in [-0.05, 0) is 49.6 Å². The van der Waals surface area contributed by atoms with E-state index >= 15 is 0 Å². The molecule has 1 aliphatic rings. The number of aromatic nitrogens is 2. The quantitative estimate of drug-likeness (QED) is 0.647. The molecule has 3 heterocycles. The van der Waals surface area contributed by atoms with Gasteiger partial charge in [0.25, 0.3) is 5.91 Å². The van der Waals surface area contributed by atoms with Crippen molar-refractivity contribution in [2.75, 3.05) is 13.1 Å². The number of aryl methyl sites for hydroxylation is 1. The molecule has 1 amide bonds. The van der Waals surface area contributed by atoms with Crippen molar-refractivity contribution in [1.29, 1.82) is 0 Å². The number of piperidine rings is 1. The lowest BCUT2D eigenvalue weighted by molar-refractivity contribution is 0.0693. The lowest BCUT2D eigenvalue weighted by atomic mass is 10.0. The molecule has 1 aromatic carbocycles. The molecule has 134 valence electrons. The lowest BCUT2D eigenvalue weighted by Crippen LogP contribution is -2.40. The van der Waals surface area contributed by atoms with Crippen LogP contribution in [0.25, 0.3) is 11.1 Å². The molecule has 0 spiro atoms. The highest BCUT2D eigenvalue weighted by molar-refractivity contribution is 6.29. The van der Waals surface area contributed by atoms with Crippen molar-refractivity contribution in [3.8, 4) is 0 Å². The Balaban J connectivity index is 1.52. The van der Waals surface area contributed by atoms with E-state index < -0.39 is 0 Å². The molecule has 1 aliphatic heterocycles. The summed E-state index contributed by atoms with van der Waals surface area (Å²) < 4.78 is 7.12.